The number of hydrogen-bond donors (Lipinski definition) is 1. The highest BCUT2D eigenvalue weighted by molar-refractivity contribution is 5.80. The van der Waals surface area contributed by atoms with Crippen LogP contribution in [-0.4, -0.2) is 24.1 Å². The molecule has 3 nitrogen and oxygen atoms in total. The van der Waals surface area contributed by atoms with Gasteiger partial charge in [0.05, 0.1) is 0 Å². The van der Waals surface area contributed by atoms with Crippen molar-refractivity contribution in [3.8, 4) is 0 Å². The van der Waals surface area contributed by atoms with E-state index < -0.39 is 0 Å². The van der Waals surface area contributed by atoms with Gasteiger partial charge in [0.25, 0.3) is 0 Å². The molecule has 1 heterocycles. The molecule has 0 amide bonds. The Morgan fingerprint density at radius 1 is 1.75 bits per heavy atom. The van der Waals surface area contributed by atoms with Gasteiger partial charge in [-0.05, 0) is 13.8 Å². The molecule has 1 aliphatic heterocycles. The average molecular weight is 113 g/mol. The van der Waals surface area contributed by atoms with Crippen LogP contribution in [0.2, 0.25) is 0 Å². The second kappa shape index (κ2) is 1.74. The first kappa shape index (κ1) is 5.56. The van der Waals surface area contributed by atoms with Gasteiger partial charge in [0, 0.05) is 7.05 Å². The van der Waals surface area contributed by atoms with Gasteiger partial charge in [-0.25, -0.2) is 5.43 Å². The third-order valence-electron chi connectivity index (χ3n) is 1.25. The highest BCUT2D eigenvalue weighted by atomic mass is 15.6. The summed E-state index contributed by atoms with van der Waals surface area (Å²) in [5.74, 6) is 1.05. The van der Waals surface area contributed by atoms with E-state index in [4.69, 9.17) is 0 Å². The number of hydrazine groups is 1. The Kier molecular flexibility index (Phi) is 1.21. The van der Waals surface area contributed by atoms with E-state index in [1.165, 1.54) is 0 Å². The van der Waals surface area contributed by atoms with Crippen molar-refractivity contribution < 1.29 is 0 Å². The van der Waals surface area contributed by atoms with Crippen LogP contribution in [0.5, 0.6) is 0 Å². The van der Waals surface area contributed by atoms with Gasteiger partial charge in [-0.3, -0.25) is 10.0 Å². The quantitative estimate of drug-likeness (QED) is 0.486. The molecule has 1 atom stereocenters. The number of amidine groups is 1. The van der Waals surface area contributed by atoms with Crippen molar-refractivity contribution >= 4 is 5.84 Å². The first-order chi connectivity index (χ1) is 3.70. The van der Waals surface area contributed by atoms with Crippen molar-refractivity contribution in [1.29, 1.82) is 0 Å². The van der Waals surface area contributed by atoms with Crippen LogP contribution in [0, 0.1) is 0 Å². The summed E-state index contributed by atoms with van der Waals surface area (Å²) in [6, 6.07) is 0. The lowest BCUT2D eigenvalue weighted by Crippen LogP contribution is -2.34. The minimum Gasteiger partial charge on any atom is -0.297 e. The van der Waals surface area contributed by atoms with Crippen LogP contribution in [0.1, 0.15) is 13.8 Å². The SMILES string of the molecule is CC1=NC(C)NN1C. The predicted molar refractivity (Wildman–Crippen MR) is 33.5 cm³/mol. The summed E-state index contributed by atoms with van der Waals surface area (Å²) in [7, 11) is 1.96. The van der Waals surface area contributed by atoms with Gasteiger partial charge in [0.1, 0.15) is 12.0 Å². The molecule has 0 fully saturated rings. The average Bonchev–Trinajstić information content (AvgIpc) is 1.85. The molecule has 46 valence electrons. The van der Waals surface area contributed by atoms with Crippen molar-refractivity contribution in [1.82, 2.24) is 10.4 Å². The van der Waals surface area contributed by atoms with Crippen molar-refractivity contribution in [2.45, 2.75) is 20.0 Å². The number of nitrogens with zero attached hydrogens (tertiary/aromatic N) is 2. The van der Waals surface area contributed by atoms with Gasteiger partial charge in [0.15, 0.2) is 0 Å². The Hall–Kier alpha value is -0.570. The van der Waals surface area contributed by atoms with E-state index in [2.05, 4.69) is 10.4 Å². The topological polar surface area (TPSA) is 27.6 Å². The third kappa shape index (κ3) is 0.816. The summed E-state index contributed by atoms with van der Waals surface area (Å²) in [5.41, 5.74) is 3.10. The maximum atomic E-state index is 4.20. The van der Waals surface area contributed by atoms with Crippen LogP contribution in [0.25, 0.3) is 0 Å². The van der Waals surface area contributed by atoms with Crippen molar-refractivity contribution in [3.63, 3.8) is 0 Å². The van der Waals surface area contributed by atoms with E-state index in [-0.39, 0.29) is 6.17 Å². The molecule has 1 rings (SSSR count). The maximum Gasteiger partial charge on any atom is 0.115 e. The third-order valence-corrected chi connectivity index (χ3v) is 1.25. The fourth-order valence-electron chi connectivity index (χ4n) is 0.769. The second-order valence-corrected chi connectivity index (χ2v) is 2.04. The highest BCUT2D eigenvalue weighted by Gasteiger charge is 2.11. The molecule has 0 radical (unpaired) electrons. The zero-order valence-electron chi connectivity index (χ0n) is 5.47. The Bertz CT molecular complexity index is 119. The van der Waals surface area contributed by atoms with Crippen molar-refractivity contribution in [2.24, 2.45) is 4.99 Å². The molecular weight excluding hydrogens is 102 g/mol. The maximum absolute atomic E-state index is 4.20. The molecule has 0 bridgehead atoms. The lowest BCUT2D eigenvalue weighted by Gasteiger charge is -2.10. The molecule has 3 heteroatoms. The van der Waals surface area contributed by atoms with Crippen LogP contribution < -0.4 is 5.43 Å². The zero-order chi connectivity index (χ0) is 6.15. The molecule has 0 aromatic carbocycles. The van der Waals surface area contributed by atoms with Crippen LogP contribution in [0.3, 0.4) is 0 Å². The van der Waals surface area contributed by atoms with Crippen molar-refractivity contribution in [3.05, 3.63) is 0 Å². The zero-order valence-corrected chi connectivity index (χ0v) is 5.47. The van der Waals surface area contributed by atoms with E-state index in [0.29, 0.717) is 0 Å². The van der Waals surface area contributed by atoms with E-state index >= 15 is 0 Å². The molecule has 1 N–H and O–H groups in total. The summed E-state index contributed by atoms with van der Waals surface area (Å²) in [4.78, 5) is 4.20. The molecule has 0 saturated carbocycles. The number of rotatable bonds is 0. The molecular formula is C5H11N3. The standard InChI is InChI=1S/C5H11N3/c1-4-6-5(2)8(3)7-4/h4,7H,1-3H3. The Morgan fingerprint density at radius 2 is 2.38 bits per heavy atom. The molecule has 1 unspecified atom stereocenters. The summed E-state index contributed by atoms with van der Waals surface area (Å²) in [5, 5.41) is 1.92. The van der Waals surface area contributed by atoms with Crippen LogP contribution in [0.4, 0.5) is 0 Å². The number of hydrogen-bond acceptors (Lipinski definition) is 3. The van der Waals surface area contributed by atoms with Gasteiger partial charge in [0.2, 0.25) is 0 Å². The van der Waals surface area contributed by atoms with Crippen LogP contribution >= 0.6 is 0 Å². The Balaban J connectivity index is 2.59. The molecule has 1 aliphatic rings. The van der Waals surface area contributed by atoms with Gasteiger partial charge in [-0.15, -0.1) is 0 Å². The minimum atomic E-state index is 0.264. The number of aliphatic imine (C=N–C) groups is 1. The molecule has 0 aromatic heterocycles. The molecule has 0 saturated heterocycles. The summed E-state index contributed by atoms with van der Waals surface area (Å²) < 4.78 is 0. The predicted octanol–water partition coefficient (Wildman–Crippen LogP) is 0.201. The summed E-state index contributed by atoms with van der Waals surface area (Å²) in [6.07, 6.45) is 0.264. The molecule has 0 aliphatic carbocycles. The minimum absolute atomic E-state index is 0.264. The van der Waals surface area contributed by atoms with Gasteiger partial charge < -0.3 is 0 Å². The summed E-state index contributed by atoms with van der Waals surface area (Å²) in [6.45, 7) is 4.00. The van der Waals surface area contributed by atoms with Crippen LogP contribution in [0.15, 0.2) is 4.99 Å². The monoisotopic (exact) mass is 113 g/mol. The van der Waals surface area contributed by atoms with E-state index in [1.54, 1.807) is 0 Å². The molecule has 0 aromatic rings. The fourth-order valence-corrected chi connectivity index (χ4v) is 0.769. The lowest BCUT2D eigenvalue weighted by molar-refractivity contribution is 0.360. The van der Waals surface area contributed by atoms with Gasteiger partial charge in [-0.2, -0.15) is 0 Å². The van der Waals surface area contributed by atoms with Crippen molar-refractivity contribution in [2.75, 3.05) is 7.05 Å². The van der Waals surface area contributed by atoms with Gasteiger partial charge >= 0.3 is 0 Å². The summed E-state index contributed by atoms with van der Waals surface area (Å²) >= 11 is 0. The van der Waals surface area contributed by atoms with Crippen LogP contribution in [-0.2, 0) is 0 Å². The Labute approximate surface area is 49.4 Å². The second-order valence-electron chi connectivity index (χ2n) is 2.04. The van der Waals surface area contributed by atoms with E-state index in [0.717, 1.165) is 5.84 Å². The first-order valence-electron chi connectivity index (χ1n) is 2.74. The van der Waals surface area contributed by atoms with Gasteiger partial charge in [-0.1, -0.05) is 0 Å². The smallest absolute Gasteiger partial charge is 0.115 e. The first-order valence-corrected chi connectivity index (χ1v) is 2.74. The lowest BCUT2D eigenvalue weighted by atomic mass is 10.6. The van der Waals surface area contributed by atoms with E-state index in [9.17, 15) is 0 Å². The fraction of sp³-hybridized carbons (Fsp3) is 0.800. The normalized spacial score (nSPS) is 28.6. The molecule has 8 heavy (non-hydrogen) atoms. The Morgan fingerprint density at radius 3 is 2.50 bits per heavy atom. The highest BCUT2D eigenvalue weighted by Crippen LogP contribution is 1.97. The largest absolute Gasteiger partial charge is 0.297 e. The number of nitrogens with one attached hydrogen (secondary N) is 1. The van der Waals surface area contributed by atoms with E-state index in [1.807, 2.05) is 25.9 Å². The molecule has 0 spiro atoms.